The van der Waals surface area contributed by atoms with Gasteiger partial charge in [0.15, 0.2) is 0 Å². The SMILES string of the molecule is CN(C)CCNc1ccc(C(=O)N2CCC(Cc3ccccc3)CC2)cn1. The van der Waals surface area contributed by atoms with Gasteiger partial charge in [-0.25, -0.2) is 4.98 Å². The van der Waals surface area contributed by atoms with E-state index in [1.165, 1.54) is 5.56 Å². The number of likely N-dealkylation sites (tertiary alicyclic amines) is 1. The summed E-state index contributed by atoms with van der Waals surface area (Å²) in [5.74, 6) is 1.58. The average Bonchev–Trinajstić information content (AvgIpc) is 2.69. The van der Waals surface area contributed by atoms with Crippen molar-refractivity contribution in [3.05, 3.63) is 59.8 Å². The van der Waals surface area contributed by atoms with Crippen LogP contribution >= 0.6 is 0 Å². The molecule has 1 fully saturated rings. The Morgan fingerprint density at radius 1 is 1.15 bits per heavy atom. The number of hydrogen-bond donors (Lipinski definition) is 1. The van der Waals surface area contributed by atoms with Crippen molar-refractivity contribution in [3.63, 3.8) is 0 Å². The number of anilines is 1. The van der Waals surface area contributed by atoms with E-state index in [4.69, 9.17) is 0 Å². The third-order valence-electron chi connectivity index (χ3n) is 5.14. The summed E-state index contributed by atoms with van der Waals surface area (Å²) in [4.78, 5) is 21.2. The van der Waals surface area contributed by atoms with E-state index < -0.39 is 0 Å². The number of likely N-dealkylation sites (N-methyl/N-ethyl adjacent to an activating group) is 1. The molecule has 0 saturated carbocycles. The van der Waals surface area contributed by atoms with Crippen LogP contribution in [0.5, 0.6) is 0 Å². The van der Waals surface area contributed by atoms with E-state index in [1.807, 2.05) is 31.1 Å². The Morgan fingerprint density at radius 2 is 1.89 bits per heavy atom. The lowest BCUT2D eigenvalue weighted by Gasteiger charge is -2.32. The molecule has 1 aliphatic rings. The summed E-state index contributed by atoms with van der Waals surface area (Å²) in [5.41, 5.74) is 2.07. The molecule has 1 aromatic carbocycles. The Hall–Kier alpha value is -2.40. The highest BCUT2D eigenvalue weighted by molar-refractivity contribution is 5.94. The molecular weight excluding hydrogens is 336 g/mol. The summed E-state index contributed by atoms with van der Waals surface area (Å²) in [7, 11) is 4.08. The minimum atomic E-state index is 0.0977. The van der Waals surface area contributed by atoms with Crippen LogP contribution in [0.2, 0.25) is 0 Å². The Morgan fingerprint density at radius 3 is 2.52 bits per heavy atom. The van der Waals surface area contributed by atoms with Gasteiger partial charge < -0.3 is 15.1 Å². The van der Waals surface area contributed by atoms with E-state index in [9.17, 15) is 4.79 Å². The van der Waals surface area contributed by atoms with Gasteiger partial charge in [-0.15, -0.1) is 0 Å². The van der Waals surface area contributed by atoms with Gasteiger partial charge in [0, 0.05) is 32.4 Å². The molecule has 1 aliphatic heterocycles. The molecule has 5 nitrogen and oxygen atoms in total. The fourth-order valence-corrected chi connectivity index (χ4v) is 3.50. The van der Waals surface area contributed by atoms with Crippen LogP contribution in [0.4, 0.5) is 5.82 Å². The summed E-state index contributed by atoms with van der Waals surface area (Å²) >= 11 is 0. The Labute approximate surface area is 162 Å². The zero-order valence-electron chi connectivity index (χ0n) is 16.4. The maximum atomic E-state index is 12.7. The molecule has 144 valence electrons. The lowest BCUT2D eigenvalue weighted by Crippen LogP contribution is -2.39. The molecule has 0 aliphatic carbocycles. The minimum absolute atomic E-state index is 0.0977. The fraction of sp³-hybridized carbons (Fsp3) is 0.455. The maximum Gasteiger partial charge on any atom is 0.255 e. The van der Waals surface area contributed by atoms with Gasteiger partial charge in [0.1, 0.15) is 5.82 Å². The maximum absolute atomic E-state index is 12.7. The number of carbonyl (C=O) groups excluding carboxylic acids is 1. The van der Waals surface area contributed by atoms with Crippen molar-refractivity contribution in [2.75, 3.05) is 45.6 Å². The molecule has 0 atom stereocenters. The number of nitrogens with zero attached hydrogens (tertiary/aromatic N) is 3. The van der Waals surface area contributed by atoms with E-state index in [0.29, 0.717) is 11.5 Å². The zero-order chi connectivity index (χ0) is 19.1. The first-order valence-corrected chi connectivity index (χ1v) is 9.79. The molecule has 0 radical (unpaired) electrons. The Balaban J connectivity index is 1.47. The summed E-state index contributed by atoms with van der Waals surface area (Å²) < 4.78 is 0. The van der Waals surface area contributed by atoms with Crippen molar-refractivity contribution >= 4 is 11.7 Å². The first-order valence-electron chi connectivity index (χ1n) is 9.79. The minimum Gasteiger partial charge on any atom is -0.369 e. The van der Waals surface area contributed by atoms with E-state index in [-0.39, 0.29) is 5.91 Å². The number of nitrogens with one attached hydrogen (secondary N) is 1. The molecule has 27 heavy (non-hydrogen) atoms. The number of pyridine rings is 1. The molecule has 1 amide bonds. The molecule has 5 heteroatoms. The zero-order valence-corrected chi connectivity index (χ0v) is 16.4. The topological polar surface area (TPSA) is 48.5 Å². The van der Waals surface area contributed by atoms with Crippen LogP contribution in [0.1, 0.15) is 28.8 Å². The first-order chi connectivity index (χ1) is 13.1. The van der Waals surface area contributed by atoms with Crippen molar-refractivity contribution in [3.8, 4) is 0 Å². The van der Waals surface area contributed by atoms with E-state index >= 15 is 0 Å². The van der Waals surface area contributed by atoms with Crippen molar-refractivity contribution in [1.29, 1.82) is 0 Å². The lowest BCUT2D eigenvalue weighted by atomic mass is 9.90. The average molecular weight is 367 g/mol. The smallest absolute Gasteiger partial charge is 0.255 e. The molecule has 2 heterocycles. The van der Waals surface area contributed by atoms with Gasteiger partial charge in [-0.2, -0.15) is 0 Å². The number of hydrogen-bond acceptors (Lipinski definition) is 4. The van der Waals surface area contributed by atoms with Crippen LogP contribution in [0.25, 0.3) is 0 Å². The van der Waals surface area contributed by atoms with Crippen molar-refractivity contribution in [1.82, 2.24) is 14.8 Å². The van der Waals surface area contributed by atoms with E-state index in [0.717, 1.165) is 51.3 Å². The largest absolute Gasteiger partial charge is 0.369 e. The van der Waals surface area contributed by atoms with E-state index in [2.05, 4.69) is 45.5 Å². The van der Waals surface area contributed by atoms with Gasteiger partial charge in [-0.3, -0.25) is 4.79 Å². The van der Waals surface area contributed by atoms with Crippen molar-refractivity contribution < 1.29 is 4.79 Å². The van der Waals surface area contributed by atoms with Gasteiger partial charge in [0.05, 0.1) is 5.56 Å². The summed E-state index contributed by atoms with van der Waals surface area (Å²) in [6.07, 6.45) is 4.94. The molecule has 1 saturated heterocycles. The second-order valence-electron chi connectivity index (χ2n) is 7.59. The van der Waals surface area contributed by atoms with Crippen LogP contribution < -0.4 is 5.32 Å². The second kappa shape index (κ2) is 9.51. The van der Waals surface area contributed by atoms with Crippen LogP contribution in [0.15, 0.2) is 48.7 Å². The molecule has 0 unspecified atom stereocenters. The third-order valence-corrected chi connectivity index (χ3v) is 5.14. The first kappa shape index (κ1) is 19.4. The summed E-state index contributed by atoms with van der Waals surface area (Å²) in [6.45, 7) is 3.45. The second-order valence-corrected chi connectivity index (χ2v) is 7.59. The van der Waals surface area contributed by atoms with Gasteiger partial charge >= 0.3 is 0 Å². The number of benzene rings is 1. The highest BCUT2D eigenvalue weighted by Gasteiger charge is 2.23. The predicted octanol–water partition coefficient (Wildman–Crippen LogP) is 3.15. The van der Waals surface area contributed by atoms with Gasteiger partial charge in [-0.1, -0.05) is 30.3 Å². The predicted molar refractivity (Wildman–Crippen MR) is 110 cm³/mol. The van der Waals surface area contributed by atoms with Crippen LogP contribution in [-0.4, -0.2) is 61.0 Å². The molecular formula is C22H30N4O. The monoisotopic (exact) mass is 366 g/mol. The van der Waals surface area contributed by atoms with Gasteiger partial charge in [0.2, 0.25) is 0 Å². The highest BCUT2D eigenvalue weighted by Crippen LogP contribution is 2.23. The molecule has 2 aromatic rings. The van der Waals surface area contributed by atoms with Crippen LogP contribution in [0.3, 0.4) is 0 Å². The van der Waals surface area contributed by atoms with E-state index in [1.54, 1.807) is 6.20 Å². The molecule has 3 rings (SSSR count). The summed E-state index contributed by atoms with van der Waals surface area (Å²) in [5, 5.41) is 3.27. The summed E-state index contributed by atoms with van der Waals surface area (Å²) in [6, 6.07) is 14.4. The highest BCUT2D eigenvalue weighted by atomic mass is 16.2. The van der Waals surface area contributed by atoms with Gasteiger partial charge in [-0.05, 0) is 57.0 Å². The Kier molecular flexibility index (Phi) is 6.82. The standard InChI is InChI=1S/C22H30N4O/c1-25(2)15-12-23-21-9-8-20(17-24-21)22(27)26-13-10-19(11-14-26)16-18-6-4-3-5-7-18/h3-9,17,19H,10-16H2,1-2H3,(H,23,24). The molecule has 0 spiro atoms. The number of carbonyl (C=O) groups is 1. The molecule has 1 aromatic heterocycles. The Bertz CT molecular complexity index is 707. The normalized spacial score (nSPS) is 15.1. The number of piperidine rings is 1. The van der Waals surface area contributed by atoms with Crippen molar-refractivity contribution in [2.24, 2.45) is 5.92 Å². The number of amides is 1. The van der Waals surface area contributed by atoms with Crippen LogP contribution in [0, 0.1) is 5.92 Å². The molecule has 1 N–H and O–H groups in total. The van der Waals surface area contributed by atoms with Crippen LogP contribution in [-0.2, 0) is 6.42 Å². The van der Waals surface area contributed by atoms with Gasteiger partial charge in [0.25, 0.3) is 5.91 Å². The third kappa shape index (κ3) is 5.79. The number of aromatic nitrogens is 1. The lowest BCUT2D eigenvalue weighted by molar-refractivity contribution is 0.0690. The molecule has 0 bridgehead atoms. The quantitative estimate of drug-likeness (QED) is 0.818. The number of rotatable bonds is 7. The fourth-order valence-electron chi connectivity index (χ4n) is 3.50. The van der Waals surface area contributed by atoms with Crippen molar-refractivity contribution in [2.45, 2.75) is 19.3 Å².